The highest BCUT2D eigenvalue weighted by Gasteiger charge is 2.42. The highest BCUT2D eigenvalue weighted by molar-refractivity contribution is 5.34. The summed E-state index contributed by atoms with van der Waals surface area (Å²) in [7, 11) is 0. The molecule has 0 aliphatic carbocycles. The molecule has 1 aliphatic heterocycles. The lowest BCUT2D eigenvalue weighted by molar-refractivity contribution is -0.138. The van der Waals surface area contributed by atoms with Gasteiger partial charge in [0.15, 0.2) is 0 Å². The van der Waals surface area contributed by atoms with Crippen LogP contribution in [-0.4, -0.2) is 0 Å². The molecule has 0 radical (unpaired) electrons. The molecule has 0 unspecified atom stereocenters. The third-order valence-electron chi connectivity index (χ3n) is 3.62. The number of benzene rings is 2. The molecule has 0 N–H and O–H groups in total. The van der Waals surface area contributed by atoms with Crippen LogP contribution in [0.2, 0.25) is 0 Å². The molecule has 2 aromatic rings. The third kappa shape index (κ3) is 3.34. The molecule has 0 saturated carbocycles. The second kappa shape index (κ2) is 5.26. The van der Waals surface area contributed by atoms with E-state index in [-0.39, 0.29) is 0 Å². The first kappa shape index (κ1) is 15.9. The summed E-state index contributed by atoms with van der Waals surface area (Å²) < 4.78 is 80.3. The summed E-state index contributed by atoms with van der Waals surface area (Å²) in [5.74, 6) is 0. The largest absolute Gasteiger partial charge is 0.416 e. The van der Waals surface area contributed by atoms with E-state index in [1.807, 2.05) is 0 Å². The Morgan fingerprint density at radius 3 is 1.13 bits per heavy atom. The van der Waals surface area contributed by atoms with E-state index in [1.165, 1.54) is 24.3 Å². The van der Waals surface area contributed by atoms with Crippen molar-refractivity contribution in [1.29, 1.82) is 0 Å². The third-order valence-corrected chi connectivity index (χ3v) is 3.62. The minimum absolute atomic E-state index is 0.436. The van der Waals surface area contributed by atoms with Crippen LogP contribution < -0.4 is 0 Å². The minimum Gasteiger partial charge on any atom is -0.359 e. The zero-order valence-electron chi connectivity index (χ0n) is 11.4. The van der Waals surface area contributed by atoms with Crippen molar-refractivity contribution in [1.82, 2.24) is 0 Å². The maximum Gasteiger partial charge on any atom is 0.416 e. The van der Waals surface area contributed by atoms with Crippen molar-refractivity contribution in [3.63, 3.8) is 0 Å². The van der Waals surface area contributed by atoms with Crippen molar-refractivity contribution in [2.75, 3.05) is 0 Å². The van der Waals surface area contributed by atoms with Gasteiger partial charge in [0, 0.05) is 0 Å². The van der Waals surface area contributed by atoms with Crippen LogP contribution in [0, 0.1) is 0 Å². The molecule has 0 amide bonds. The van der Waals surface area contributed by atoms with Gasteiger partial charge < -0.3 is 4.74 Å². The highest BCUT2D eigenvalue weighted by Crippen LogP contribution is 2.51. The zero-order chi connectivity index (χ0) is 16.8. The van der Waals surface area contributed by atoms with E-state index in [4.69, 9.17) is 4.74 Å². The Morgan fingerprint density at radius 1 is 0.565 bits per heavy atom. The fourth-order valence-corrected chi connectivity index (χ4v) is 2.34. The first-order valence-electron chi connectivity index (χ1n) is 6.66. The summed E-state index contributed by atoms with van der Waals surface area (Å²) in [6, 6.07) is 9.10. The van der Waals surface area contributed by atoms with E-state index in [0.29, 0.717) is 11.1 Å². The van der Waals surface area contributed by atoms with E-state index >= 15 is 0 Å². The van der Waals surface area contributed by atoms with Crippen molar-refractivity contribution in [2.24, 2.45) is 0 Å². The maximum atomic E-state index is 12.5. The lowest BCUT2D eigenvalue weighted by Crippen LogP contribution is -2.04. The number of ether oxygens (including phenoxy) is 1. The van der Waals surface area contributed by atoms with E-state index in [2.05, 4.69) is 0 Å². The summed E-state index contributed by atoms with van der Waals surface area (Å²) in [4.78, 5) is 0. The Hall–Kier alpha value is -2.02. The molecule has 1 saturated heterocycles. The van der Waals surface area contributed by atoms with Gasteiger partial charge >= 0.3 is 12.4 Å². The predicted molar refractivity (Wildman–Crippen MR) is 69.5 cm³/mol. The van der Waals surface area contributed by atoms with Gasteiger partial charge in [-0.1, -0.05) is 24.3 Å². The molecular formula is C16H10F6O. The Labute approximate surface area is 127 Å². The van der Waals surface area contributed by atoms with Crippen LogP contribution in [0.1, 0.15) is 34.5 Å². The molecular weight excluding hydrogens is 322 g/mol. The normalized spacial score (nSPS) is 21.3. The summed E-state index contributed by atoms with van der Waals surface area (Å²) in [5.41, 5.74) is -0.397. The minimum atomic E-state index is -4.41. The average molecular weight is 332 g/mol. The summed E-state index contributed by atoms with van der Waals surface area (Å²) >= 11 is 0. The number of rotatable bonds is 2. The molecule has 2 atom stereocenters. The molecule has 23 heavy (non-hydrogen) atoms. The van der Waals surface area contributed by atoms with Gasteiger partial charge in [-0.15, -0.1) is 0 Å². The lowest BCUT2D eigenvalue weighted by atomic mass is 10.0. The van der Waals surface area contributed by atoms with Crippen LogP contribution in [0.4, 0.5) is 26.3 Å². The smallest absolute Gasteiger partial charge is 0.359 e. The fourth-order valence-electron chi connectivity index (χ4n) is 2.34. The van der Waals surface area contributed by atoms with Crippen LogP contribution in [0.3, 0.4) is 0 Å². The summed E-state index contributed by atoms with van der Waals surface area (Å²) in [5, 5.41) is 0. The molecule has 1 fully saturated rings. The van der Waals surface area contributed by atoms with E-state index in [1.54, 1.807) is 0 Å². The quantitative estimate of drug-likeness (QED) is 0.520. The Bertz CT molecular complexity index is 623. The molecule has 122 valence electrons. The average Bonchev–Trinajstić information content (AvgIpc) is 3.26. The van der Waals surface area contributed by atoms with Crippen LogP contribution in [0.15, 0.2) is 48.5 Å². The van der Waals surface area contributed by atoms with E-state index < -0.39 is 35.7 Å². The van der Waals surface area contributed by atoms with Crippen molar-refractivity contribution < 1.29 is 31.1 Å². The highest BCUT2D eigenvalue weighted by atomic mass is 19.4. The van der Waals surface area contributed by atoms with Gasteiger partial charge in [-0.2, -0.15) is 26.3 Å². The Balaban J connectivity index is 1.72. The van der Waals surface area contributed by atoms with Crippen molar-refractivity contribution >= 4 is 0 Å². The van der Waals surface area contributed by atoms with E-state index in [9.17, 15) is 26.3 Å². The van der Waals surface area contributed by atoms with Crippen LogP contribution >= 0.6 is 0 Å². The molecule has 7 heteroatoms. The number of alkyl halides is 6. The van der Waals surface area contributed by atoms with Gasteiger partial charge in [-0.3, -0.25) is 0 Å². The lowest BCUT2D eigenvalue weighted by Gasteiger charge is -2.07. The van der Waals surface area contributed by atoms with Crippen LogP contribution in [0.25, 0.3) is 0 Å². The van der Waals surface area contributed by atoms with Gasteiger partial charge in [0.2, 0.25) is 0 Å². The van der Waals surface area contributed by atoms with Crippen LogP contribution in [-0.2, 0) is 17.1 Å². The van der Waals surface area contributed by atoms with Crippen LogP contribution in [0.5, 0.6) is 0 Å². The molecule has 0 bridgehead atoms. The van der Waals surface area contributed by atoms with Gasteiger partial charge in [-0.05, 0) is 35.4 Å². The Morgan fingerprint density at radius 2 is 0.870 bits per heavy atom. The molecule has 1 nitrogen and oxygen atoms in total. The molecule has 1 heterocycles. The van der Waals surface area contributed by atoms with Crippen molar-refractivity contribution in [3.05, 3.63) is 70.8 Å². The molecule has 2 aromatic carbocycles. The van der Waals surface area contributed by atoms with Gasteiger partial charge in [-0.25, -0.2) is 0 Å². The maximum absolute atomic E-state index is 12.5. The molecule has 0 spiro atoms. The molecule has 3 rings (SSSR count). The zero-order valence-corrected chi connectivity index (χ0v) is 11.4. The number of hydrogen-bond donors (Lipinski definition) is 0. The number of halogens is 6. The topological polar surface area (TPSA) is 12.5 Å². The Kier molecular flexibility index (Phi) is 3.63. The first-order valence-corrected chi connectivity index (χ1v) is 6.66. The molecule has 0 aromatic heterocycles. The number of hydrogen-bond acceptors (Lipinski definition) is 1. The van der Waals surface area contributed by atoms with Gasteiger partial charge in [0.1, 0.15) is 12.2 Å². The predicted octanol–water partition coefficient (Wildman–Crippen LogP) is 5.54. The number of epoxide rings is 1. The van der Waals surface area contributed by atoms with Gasteiger partial charge in [0.05, 0.1) is 11.1 Å². The first-order chi connectivity index (χ1) is 10.7. The molecule has 1 aliphatic rings. The SMILES string of the molecule is FC(F)(F)c1ccc([C@H]2O[C@@H]2c2ccc(C(F)(F)F)cc2)cc1. The standard InChI is InChI=1S/C16H10F6O/c17-15(18,19)11-5-1-9(2-6-11)13-14(23-13)10-3-7-12(8-4-10)16(20,21)22/h1-8,13-14H/t13-,14-/m1/s1. The van der Waals surface area contributed by atoms with Crippen molar-refractivity contribution in [2.45, 2.75) is 24.6 Å². The second-order valence-corrected chi connectivity index (χ2v) is 5.22. The fraction of sp³-hybridized carbons (Fsp3) is 0.250. The monoisotopic (exact) mass is 332 g/mol. The van der Waals surface area contributed by atoms with Gasteiger partial charge in [0.25, 0.3) is 0 Å². The van der Waals surface area contributed by atoms with Crippen molar-refractivity contribution in [3.8, 4) is 0 Å². The summed E-state index contributed by atoms with van der Waals surface area (Å²) in [6.45, 7) is 0. The second-order valence-electron chi connectivity index (χ2n) is 5.22. The summed E-state index contributed by atoms with van der Waals surface area (Å²) in [6.07, 6.45) is -9.69. The van der Waals surface area contributed by atoms with E-state index in [0.717, 1.165) is 24.3 Å².